The number of rotatable bonds is 4. The fourth-order valence-corrected chi connectivity index (χ4v) is 3.42. The summed E-state index contributed by atoms with van der Waals surface area (Å²) in [6, 6.07) is 12.4. The number of carboxylic acids is 1. The van der Waals surface area contributed by atoms with Crippen LogP contribution in [0.15, 0.2) is 53.4 Å². The predicted octanol–water partition coefficient (Wildman–Crippen LogP) is 3.54. The van der Waals surface area contributed by atoms with E-state index in [1.54, 1.807) is 30.3 Å². The van der Waals surface area contributed by atoms with Gasteiger partial charge in [-0.3, -0.25) is 4.55 Å². The summed E-state index contributed by atoms with van der Waals surface area (Å²) in [7, 11) is -4.44. The summed E-state index contributed by atoms with van der Waals surface area (Å²) in [6.45, 7) is 1.41. The third-order valence-corrected chi connectivity index (χ3v) is 5.00. The fourth-order valence-electron chi connectivity index (χ4n) is 2.66. The maximum absolute atomic E-state index is 11.4. The van der Waals surface area contributed by atoms with Crippen molar-refractivity contribution in [2.45, 2.75) is 11.8 Å². The second-order valence-electron chi connectivity index (χ2n) is 5.77. The Morgan fingerprint density at radius 3 is 2.19 bits per heavy atom. The van der Waals surface area contributed by atoms with Gasteiger partial charge in [-0.2, -0.15) is 8.42 Å². The molecule has 0 fully saturated rings. The van der Waals surface area contributed by atoms with Gasteiger partial charge in [0.1, 0.15) is 10.6 Å². The third-order valence-electron chi connectivity index (χ3n) is 4.02. The highest BCUT2D eigenvalue weighted by Crippen LogP contribution is 2.35. The van der Waals surface area contributed by atoms with Crippen molar-refractivity contribution in [3.63, 3.8) is 0 Å². The first kappa shape index (κ1) is 17.7. The van der Waals surface area contributed by atoms with Gasteiger partial charge in [0.15, 0.2) is 0 Å². The number of carboxylic acid groups (broad SMARTS) is 1. The molecule has 4 N–H and O–H groups in total. The Bertz CT molecular complexity index is 1120. The van der Waals surface area contributed by atoms with Gasteiger partial charge >= 0.3 is 5.97 Å². The molecule has 0 aromatic heterocycles. The van der Waals surface area contributed by atoms with Crippen LogP contribution in [0, 0.1) is 6.92 Å². The van der Waals surface area contributed by atoms with Crippen LogP contribution in [-0.2, 0) is 10.1 Å². The quantitative estimate of drug-likeness (QED) is 0.516. The first-order valence-corrected chi connectivity index (χ1v) is 8.95. The van der Waals surface area contributed by atoms with Crippen LogP contribution in [0.3, 0.4) is 0 Å². The molecule has 0 bridgehead atoms. The SMILES string of the molecule is Cc1c(S(=O)(=O)O)cc2ccc(Nc3ccc(C(=O)O)cc3)cc2c1O. The van der Waals surface area contributed by atoms with Crippen molar-refractivity contribution in [3.8, 4) is 5.75 Å². The fraction of sp³-hybridized carbons (Fsp3) is 0.0556. The molecule has 0 aliphatic carbocycles. The molecule has 0 aliphatic rings. The van der Waals surface area contributed by atoms with E-state index in [1.165, 1.54) is 25.1 Å². The molecule has 3 aromatic rings. The van der Waals surface area contributed by atoms with Gasteiger partial charge < -0.3 is 15.5 Å². The summed E-state index contributed by atoms with van der Waals surface area (Å²) in [5, 5.41) is 23.2. The molecule has 0 radical (unpaired) electrons. The highest BCUT2D eigenvalue weighted by molar-refractivity contribution is 7.85. The Labute approximate surface area is 149 Å². The number of aromatic hydroxyl groups is 1. The minimum absolute atomic E-state index is 0.0583. The number of anilines is 2. The molecule has 3 aromatic carbocycles. The molecule has 0 aliphatic heterocycles. The molecule has 0 atom stereocenters. The molecule has 26 heavy (non-hydrogen) atoms. The van der Waals surface area contributed by atoms with Crippen molar-refractivity contribution in [2.75, 3.05) is 5.32 Å². The van der Waals surface area contributed by atoms with E-state index < -0.39 is 16.1 Å². The van der Waals surface area contributed by atoms with Crippen molar-refractivity contribution in [3.05, 3.63) is 59.7 Å². The van der Waals surface area contributed by atoms with E-state index in [1.807, 2.05) is 0 Å². The average Bonchev–Trinajstić information content (AvgIpc) is 2.58. The zero-order chi connectivity index (χ0) is 19.1. The minimum atomic E-state index is -4.44. The van der Waals surface area contributed by atoms with Gasteiger partial charge in [0.2, 0.25) is 0 Å². The number of carbonyl (C=O) groups is 1. The first-order chi connectivity index (χ1) is 12.2. The largest absolute Gasteiger partial charge is 0.507 e. The number of hydrogen-bond donors (Lipinski definition) is 4. The Balaban J connectivity index is 2.01. The molecule has 0 saturated carbocycles. The van der Waals surface area contributed by atoms with Crippen LogP contribution in [0.5, 0.6) is 5.75 Å². The summed E-state index contributed by atoms with van der Waals surface area (Å²) in [5.41, 5.74) is 1.50. The first-order valence-electron chi connectivity index (χ1n) is 7.51. The number of phenolic OH excluding ortho intramolecular Hbond substituents is 1. The van der Waals surface area contributed by atoms with Gasteiger partial charge in [-0.05, 0) is 54.8 Å². The maximum Gasteiger partial charge on any atom is 0.335 e. The summed E-state index contributed by atoms with van der Waals surface area (Å²) in [4.78, 5) is 10.5. The van der Waals surface area contributed by atoms with Crippen LogP contribution in [0.4, 0.5) is 11.4 Å². The topological polar surface area (TPSA) is 124 Å². The lowest BCUT2D eigenvalue weighted by atomic mass is 10.0. The van der Waals surface area contributed by atoms with E-state index in [0.29, 0.717) is 22.1 Å². The molecule has 0 saturated heterocycles. The number of phenols is 1. The average molecular weight is 373 g/mol. The van der Waals surface area contributed by atoms with Crippen LogP contribution < -0.4 is 5.32 Å². The van der Waals surface area contributed by atoms with Gasteiger partial charge in [0.05, 0.1) is 5.56 Å². The maximum atomic E-state index is 11.4. The third kappa shape index (κ3) is 3.32. The standard InChI is InChI=1S/C18H15NO6S/c1-10-16(26(23,24)25)8-12-4-7-14(9-15(12)17(10)20)19-13-5-2-11(3-6-13)18(21)22/h2-9,19-20H,1H3,(H,21,22)(H,23,24,25). The summed E-state index contributed by atoms with van der Waals surface area (Å²) < 4.78 is 32.1. The van der Waals surface area contributed by atoms with Crippen molar-refractivity contribution in [2.24, 2.45) is 0 Å². The van der Waals surface area contributed by atoms with Crippen molar-refractivity contribution >= 4 is 38.2 Å². The summed E-state index contributed by atoms with van der Waals surface area (Å²) >= 11 is 0. The molecule has 3 rings (SSSR count). The van der Waals surface area contributed by atoms with Gasteiger partial charge in [-0.1, -0.05) is 6.07 Å². The lowest BCUT2D eigenvalue weighted by Crippen LogP contribution is -2.01. The number of benzene rings is 3. The van der Waals surface area contributed by atoms with E-state index in [2.05, 4.69) is 5.32 Å². The summed E-state index contributed by atoms with van der Waals surface area (Å²) in [6.07, 6.45) is 0. The molecular formula is C18H15NO6S. The van der Waals surface area contributed by atoms with Crippen molar-refractivity contribution in [1.29, 1.82) is 0 Å². The molecule has 0 amide bonds. The van der Waals surface area contributed by atoms with E-state index in [0.717, 1.165) is 0 Å². The van der Waals surface area contributed by atoms with E-state index in [9.17, 15) is 22.9 Å². The second kappa shape index (κ2) is 6.32. The number of nitrogens with one attached hydrogen (secondary N) is 1. The molecule has 0 unspecified atom stereocenters. The lowest BCUT2D eigenvalue weighted by molar-refractivity contribution is 0.0697. The minimum Gasteiger partial charge on any atom is -0.507 e. The molecule has 0 heterocycles. The Morgan fingerprint density at radius 2 is 1.62 bits per heavy atom. The van der Waals surface area contributed by atoms with E-state index in [4.69, 9.17) is 5.11 Å². The normalized spacial score (nSPS) is 11.5. The van der Waals surface area contributed by atoms with Crippen LogP contribution in [0.2, 0.25) is 0 Å². The molecule has 0 spiro atoms. The second-order valence-corrected chi connectivity index (χ2v) is 7.16. The number of hydrogen-bond acceptors (Lipinski definition) is 5. The number of aromatic carboxylic acids is 1. The zero-order valence-electron chi connectivity index (χ0n) is 13.6. The van der Waals surface area contributed by atoms with Gasteiger partial charge in [0.25, 0.3) is 10.1 Å². The van der Waals surface area contributed by atoms with Gasteiger partial charge in [-0.15, -0.1) is 0 Å². The predicted molar refractivity (Wildman–Crippen MR) is 96.8 cm³/mol. The van der Waals surface area contributed by atoms with Crippen LogP contribution in [0.1, 0.15) is 15.9 Å². The lowest BCUT2D eigenvalue weighted by Gasteiger charge is -2.12. The van der Waals surface area contributed by atoms with E-state index in [-0.39, 0.29) is 21.8 Å². The smallest absolute Gasteiger partial charge is 0.335 e. The van der Waals surface area contributed by atoms with Crippen LogP contribution in [0.25, 0.3) is 10.8 Å². The monoisotopic (exact) mass is 373 g/mol. The highest BCUT2D eigenvalue weighted by Gasteiger charge is 2.18. The molecule has 134 valence electrons. The van der Waals surface area contributed by atoms with Crippen molar-refractivity contribution < 1.29 is 28.0 Å². The molecule has 8 heteroatoms. The molecular weight excluding hydrogens is 358 g/mol. The van der Waals surface area contributed by atoms with Gasteiger partial charge in [0, 0.05) is 22.3 Å². The van der Waals surface area contributed by atoms with Crippen LogP contribution >= 0.6 is 0 Å². The Morgan fingerprint density at radius 1 is 1.00 bits per heavy atom. The van der Waals surface area contributed by atoms with Crippen molar-refractivity contribution in [1.82, 2.24) is 0 Å². The van der Waals surface area contributed by atoms with Crippen LogP contribution in [-0.4, -0.2) is 29.2 Å². The highest BCUT2D eigenvalue weighted by atomic mass is 32.2. The van der Waals surface area contributed by atoms with Gasteiger partial charge in [-0.25, -0.2) is 4.79 Å². The zero-order valence-corrected chi connectivity index (χ0v) is 14.4. The Hall–Kier alpha value is -3.10. The Kier molecular flexibility index (Phi) is 4.31. The van der Waals surface area contributed by atoms with E-state index >= 15 is 0 Å². The number of fused-ring (bicyclic) bond motifs is 1. The molecule has 7 nitrogen and oxygen atoms in total. The summed E-state index contributed by atoms with van der Waals surface area (Å²) in [5.74, 6) is -1.25.